The molecule has 0 N–H and O–H groups in total. The summed E-state index contributed by atoms with van der Waals surface area (Å²) in [4.78, 5) is 17.9. The van der Waals surface area contributed by atoms with Crippen LogP contribution in [-0.2, 0) is 11.0 Å². The lowest BCUT2D eigenvalue weighted by Gasteiger charge is -2.14. The highest BCUT2D eigenvalue weighted by molar-refractivity contribution is 6.29. The van der Waals surface area contributed by atoms with E-state index in [0.29, 0.717) is 41.8 Å². The Labute approximate surface area is 169 Å². The molecule has 0 aliphatic carbocycles. The highest BCUT2D eigenvalue weighted by Gasteiger charge is 2.31. The van der Waals surface area contributed by atoms with Crippen molar-refractivity contribution in [1.82, 2.24) is 19.7 Å². The van der Waals surface area contributed by atoms with Crippen molar-refractivity contribution < 1.29 is 18.0 Å². The van der Waals surface area contributed by atoms with E-state index in [2.05, 4.69) is 16.7 Å². The molecular formula is C20H16ClF3N4O. The summed E-state index contributed by atoms with van der Waals surface area (Å²) in [6.07, 6.45) is -2.45. The zero-order valence-electron chi connectivity index (χ0n) is 15.2. The van der Waals surface area contributed by atoms with E-state index in [1.54, 1.807) is 21.7 Å². The first-order chi connectivity index (χ1) is 13.8. The number of amides is 1. The minimum atomic E-state index is -4.40. The van der Waals surface area contributed by atoms with E-state index in [0.717, 1.165) is 12.1 Å². The van der Waals surface area contributed by atoms with E-state index < -0.39 is 11.7 Å². The highest BCUT2D eigenvalue weighted by Crippen LogP contribution is 2.35. The highest BCUT2D eigenvalue weighted by atomic mass is 35.5. The lowest BCUT2D eigenvalue weighted by molar-refractivity contribution is -0.137. The average Bonchev–Trinajstić information content (AvgIpc) is 3.31. The molecule has 1 aliphatic rings. The Kier molecular flexibility index (Phi) is 4.82. The summed E-state index contributed by atoms with van der Waals surface area (Å²) in [5, 5.41) is 5.61. The van der Waals surface area contributed by atoms with E-state index in [4.69, 9.17) is 11.6 Å². The molecule has 9 heteroatoms. The van der Waals surface area contributed by atoms with Gasteiger partial charge in [-0.3, -0.25) is 4.79 Å². The van der Waals surface area contributed by atoms with Crippen LogP contribution < -0.4 is 0 Å². The van der Waals surface area contributed by atoms with Crippen molar-refractivity contribution >= 4 is 28.5 Å². The minimum absolute atomic E-state index is 0.115. The summed E-state index contributed by atoms with van der Waals surface area (Å²) in [5.41, 5.74) is 0.875. The number of pyridine rings is 1. The second-order valence-corrected chi connectivity index (χ2v) is 7.19. The van der Waals surface area contributed by atoms with Crippen LogP contribution in [0.4, 0.5) is 13.2 Å². The minimum Gasteiger partial charge on any atom is -0.337 e. The smallest absolute Gasteiger partial charge is 0.337 e. The Morgan fingerprint density at radius 2 is 1.93 bits per heavy atom. The Morgan fingerprint density at radius 1 is 1.21 bits per heavy atom. The van der Waals surface area contributed by atoms with Gasteiger partial charge in [-0.2, -0.15) is 18.3 Å². The lowest BCUT2D eigenvalue weighted by atomic mass is 10.1. The Bertz CT molecular complexity index is 1090. The first-order valence-corrected chi connectivity index (χ1v) is 9.29. The van der Waals surface area contributed by atoms with E-state index >= 15 is 0 Å². The molecule has 150 valence electrons. The molecular weight excluding hydrogens is 405 g/mol. The van der Waals surface area contributed by atoms with Crippen LogP contribution in [0.2, 0.25) is 5.15 Å². The number of nitrogens with zero attached hydrogens (tertiary/aromatic N) is 4. The standard InChI is InChI=1S/C20H16ClF3N4O/c1-2-17(29)27-10-9-14(11-27)28-19-15(7-8-16(21)25-19)18(26-28)12-3-5-13(6-4-12)20(22,23)24/h2-8,14H,1,9-11H2. The largest absolute Gasteiger partial charge is 0.416 e. The van der Waals surface area contributed by atoms with Gasteiger partial charge in [-0.1, -0.05) is 30.3 Å². The summed E-state index contributed by atoms with van der Waals surface area (Å²) in [5.74, 6) is -0.155. The van der Waals surface area contributed by atoms with Gasteiger partial charge >= 0.3 is 6.18 Å². The summed E-state index contributed by atoms with van der Waals surface area (Å²) in [6, 6.07) is 8.11. The fraction of sp³-hybridized carbons (Fsp3) is 0.250. The maximum absolute atomic E-state index is 12.9. The molecule has 1 fully saturated rings. The van der Waals surface area contributed by atoms with Gasteiger partial charge in [0.1, 0.15) is 10.8 Å². The van der Waals surface area contributed by atoms with E-state index in [1.165, 1.54) is 18.2 Å². The van der Waals surface area contributed by atoms with Crippen molar-refractivity contribution in [2.45, 2.75) is 18.6 Å². The maximum atomic E-state index is 12.9. The number of aromatic nitrogens is 3. The number of rotatable bonds is 3. The van der Waals surface area contributed by atoms with Gasteiger partial charge in [0, 0.05) is 24.0 Å². The molecule has 3 heterocycles. The summed E-state index contributed by atoms with van der Waals surface area (Å²) >= 11 is 6.07. The third-order valence-corrected chi connectivity index (χ3v) is 5.21. The predicted molar refractivity (Wildman–Crippen MR) is 103 cm³/mol. The van der Waals surface area contributed by atoms with Gasteiger partial charge in [0.15, 0.2) is 5.65 Å². The lowest BCUT2D eigenvalue weighted by Crippen LogP contribution is -2.27. The molecule has 2 aromatic heterocycles. The fourth-order valence-corrected chi connectivity index (χ4v) is 3.69. The Hall–Kier alpha value is -2.87. The molecule has 0 saturated carbocycles. The van der Waals surface area contributed by atoms with Crippen LogP contribution in [0.25, 0.3) is 22.3 Å². The van der Waals surface area contributed by atoms with Crippen LogP contribution >= 0.6 is 11.6 Å². The molecule has 5 nitrogen and oxygen atoms in total. The first kappa shape index (κ1) is 19.4. The number of likely N-dealkylation sites (tertiary alicyclic amines) is 1. The van der Waals surface area contributed by atoms with Crippen LogP contribution in [0.3, 0.4) is 0 Å². The maximum Gasteiger partial charge on any atom is 0.416 e. The normalized spacial score (nSPS) is 17.1. The Morgan fingerprint density at radius 3 is 2.59 bits per heavy atom. The fourth-order valence-electron chi connectivity index (χ4n) is 3.55. The molecule has 1 atom stereocenters. The Balaban J connectivity index is 1.77. The van der Waals surface area contributed by atoms with Crippen LogP contribution in [-0.4, -0.2) is 38.7 Å². The topological polar surface area (TPSA) is 51.0 Å². The molecule has 4 rings (SSSR count). The number of benzene rings is 1. The van der Waals surface area contributed by atoms with Crippen molar-refractivity contribution in [3.05, 3.63) is 59.8 Å². The van der Waals surface area contributed by atoms with Gasteiger partial charge in [0.25, 0.3) is 0 Å². The molecule has 1 unspecified atom stereocenters. The van der Waals surface area contributed by atoms with Gasteiger partial charge in [-0.05, 0) is 36.8 Å². The molecule has 0 bridgehead atoms. The summed E-state index contributed by atoms with van der Waals surface area (Å²) in [7, 11) is 0. The molecule has 0 radical (unpaired) electrons. The molecule has 29 heavy (non-hydrogen) atoms. The second-order valence-electron chi connectivity index (χ2n) is 6.80. The van der Waals surface area contributed by atoms with E-state index in [1.807, 2.05) is 0 Å². The van der Waals surface area contributed by atoms with Gasteiger partial charge in [0.2, 0.25) is 5.91 Å². The van der Waals surface area contributed by atoms with Gasteiger partial charge in [-0.15, -0.1) is 0 Å². The average molecular weight is 421 g/mol. The van der Waals surface area contributed by atoms with E-state index in [-0.39, 0.29) is 17.1 Å². The summed E-state index contributed by atoms with van der Waals surface area (Å²) in [6.45, 7) is 4.52. The quantitative estimate of drug-likeness (QED) is 0.454. The monoisotopic (exact) mass is 420 g/mol. The van der Waals surface area contributed by atoms with Crippen molar-refractivity contribution in [2.24, 2.45) is 0 Å². The van der Waals surface area contributed by atoms with Gasteiger partial charge in [-0.25, -0.2) is 9.67 Å². The number of fused-ring (bicyclic) bond motifs is 1. The van der Waals surface area contributed by atoms with E-state index in [9.17, 15) is 18.0 Å². The zero-order valence-corrected chi connectivity index (χ0v) is 15.9. The van der Waals surface area contributed by atoms with Gasteiger partial charge in [0.05, 0.1) is 11.6 Å². The second kappa shape index (κ2) is 7.18. The number of hydrogen-bond donors (Lipinski definition) is 0. The first-order valence-electron chi connectivity index (χ1n) is 8.91. The summed E-state index contributed by atoms with van der Waals surface area (Å²) < 4.78 is 40.3. The van der Waals surface area contributed by atoms with Crippen molar-refractivity contribution in [3.63, 3.8) is 0 Å². The van der Waals surface area contributed by atoms with Crippen LogP contribution in [0.1, 0.15) is 18.0 Å². The van der Waals surface area contributed by atoms with Gasteiger partial charge < -0.3 is 4.90 Å². The molecule has 0 spiro atoms. The number of hydrogen-bond acceptors (Lipinski definition) is 3. The SMILES string of the molecule is C=CC(=O)N1CCC(n2nc(-c3ccc(C(F)(F)F)cc3)c3ccc(Cl)nc32)C1. The van der Waals surface area contributed by atoms with Crippen LogP contribution in [0.5, 0.6) is 0 Å². The number of carbonyl (C=O) groups excluding carboxylic acids is 1. The third kappa shape index (κ3) is 3.60. The van der Waals surface area contributed by atoms with Crippen LogP contribution in [0, 0.1) is 0 Å². The number of halogens is 4. The number of alkyl halides is 3. The molecule has 1 saturated heterocycles. The molecule has 1 amide bonds. The molecule has 1 aliphatic heterocycles. The van der Waals surface area contributed by atoms with Crippen LogP contribution in [0.15, 0.2) is 49.1 Å². The van der Waals surface area contributed by atoms with Crippen molar-refractivity contribution in [1.29, 1.82) is 0 Å². The van der Waals surface area contributed by atoms with Crippen molar-refractivity contribution in [2.75, 3.05) is 13.1 Å². The molecule has 3 aromatic rings. The molecule has 1 aromatic carbocycles. The van der Waals surface area contributed by atoms with Crippen molar-refractivity contribution in [3.8, 4) is 11.3 Å². The third-order valence-electron chi connectivity index (χ3n) is 5.00. The zero-order chi connectivity index (χ0) is 20.8. The predicted octanol–water partition coefficient (Wildman–Crippen LogP) is 4.73. The number of carbonyl (C=O) groups is 1.